The molecule has 0 aliphatic rings. The van der Waals surface area contributed by atoms with Crippen molar-refractivity contribution in [2.75, 3.05) is 5.32 Å². The molecular formula is C12H7F2N3. The van der Waals surface area contributed by atoms with Crippen LogP contribution >= 0.6 is 0 Å². The maximum absolute atomic E-state index is 13.4. The number of benzene rings is 1. The van der Waals surface area contributed by atoms with E-state index in [0.29, 0.717) is 5.69 Å². The third kappa shape index (κ3) is 2.37. The van der Waals surface area contributed by atoms with E-state index < -0.39 is 11.6 Å². The second kappa shape index (κ2) is 4.58. The second-order valence-electron chi connectivity index (χ2n) is 3.26. The van der Waals surface area contributed by atoms with Gasteiger partial charge in [-0.1, -0.05) is 0 Å². The summed E-state index contributed by atoms with van der Waals surface area (Å²) in [6.07, 6.45) is 1.46. The summed E-state index contributed by atoms with van der Waals surface area (Å²) in [5, 5.41) is 11.5. The first-order chi connectivity index (χ1) is 8.20. The molecule has 0 bridgehead atoms. The summed E-state index contributed by atoms with van der Waals surface area (Å²) in [6.45, 7) is 0. The normalized spacial score (nSPS) is 9.71. The van der Waals surface area contributed by atoms with Gasteiger partial charge in [0.1, 0.15) is 17.7 Å². The maximum atomic E-state index is 13.4. The Kier molecular flexibility index (Phi) is 2.97. The lowest BCUT2D eigenvalue weighted by Gasteiger charge is -2.08. The summed E-state index contributed by atoms with van der Waals surface area (Å²) < 4.78 is 26.1. The quantitative estimate of drug-likeness (QED) is 0.864. The van der Waals surface area contributed by atoms with Crippen molar-refractivity contribution in [2.24, 2.45) is 0 Å². The van der Waals surface area contributed by atoms with Gasteiger partial charge in [0.2, 0.25) is 0 Å². The molecule has 1 aromatic carbocycles. The van der Waals surface area contributed by atoms with E-state index in [0.717, 1.165) is 12.1 Å². The van der Waals surface area contributed by atoms with Gasteiger partial charge in [-0.15, -0.1) is 0 Å². The zero-order valence-electron chi connectivity index (χ0n) is 8.61. The average molecular weight is 231 g/mol. The lowest BCUT2D eigenvalue weighted by atomic mass is 10.2. The van der Waals surface area contributed by atoms with Gasteiger partial charge in [-0.2, -0.15) is 5.26 Å². The van der Waals surface area contributed by atoms with Crippen LogP contribution in [0.15, 0.2) is 36.5 Å². The Morgan fingerprint density at radius 3 is 2.71 bits per heavy atom. The number of anilines is 2. The molecule has 84 valence electrons. The largest absolute Gasteiger partial charge is 0.351 e. The molecule has 3 nitrogen and oxygen atoms in total. The Hall–Kier alpha value is -2.48. The molecule has 0 aliphatic heterocycles. The monoisotopic (exact) mass is 231 g/mol. The molecule has 0 saturated heterocycles. The molecule has 0 radical (unpaired) electrons. The van der Waals surface area contributed by atoms with Crippen LogP contribution in [0.3, 0.4) is 0 Å². The molecule has 0 spiro atoms. The van der Waals surface area contributed by atoms with Crippen LogP contribution in [-0.2, 0) is 0 Å². The number of hydrogen-bond acceptors (Lipinski definition) is 3. The summed E-state index contributed by atoms with van der Waals surface area (Å²) in [5.74, 6) is -1.38. The van der Waals surface area contributed by atoms with Crippen molar-refractivity contribution >= 4 is 11.4 Å². The van der Waals surface area contributed by atoms with E-state index in [-0.39, 0.29) is 11.4 Å². The highest BCUT2D eigenvalue weighted by Crippen LogP contribution is 2.21. The molecule has 1 N–H and O–H groups in total. The van der Waals surface area contributed by atoms with Gasteiger partial charge in [-0.3, -0.25) is 0 Å². The third-order valence-corrected chi connectivity index (χ3v) is 2.11. The smallest absolute Gasteiger partial charge is 0.163 e. The summed E-state index contributed by atoms with van der Waals surface area (Å²) in [5.41, 5.74) is 0.618. The first kappa shape index (κ1) is 11.0. The number of nitrogens with one attached hydrogen (secondary N) is 1. The molecule has 2 aromatic rings. The van der Waals surface area contributed by atoms with Gasteiger partial charge in [0.15, 0.2) is 5.69 Å². The number of halogens is 2. The van der Waals surface area contributed by atoms with Crippen LogP contribution in [0.25, 0.3) is 0 Å². The van der Waals surface area contributed by atoms with E-state index in [4.69, 9.17) is 5.26 Å². The van der Waals surface area contributed by atoms with Crippen LogP contribution in [0.1, 0.15) is 5.69 Å². The Balaban J connectivity index is 2.35. The van der Waals surface area contributed by atoms with Gasteiger partial charge < -0.3 is 5.32 Å². The van der Waals surface area contributed by atoms with Crippen LogP contribution < -0.4 is 5.32 Å². The van der Waals surface area contributed by atoms with Crippen molar-refractivity contribution in [1.82, 2.24) is 4.98 Å². The lowest BCUT2D eigenvalue weighted by molar-refractivity contribution is 0.586. The highest BCUT2D eigenvalue weighted by atomic mass is 19.1. The highest BCUT2D eigenvalue weighted by Gasteiger charge is 2.07. The van der Waals surface area contributed by atoms with Crippen LogP contribution in [-0.4, -0.2) is 4.98 Å². The minimum Gasteiger partial charge on any atom is -0.351 e. The minimum atomic E-state index is -0.724. The van der Waals surface area contributed by atoms with Crippen molar-refractivity contribution in [3.8, 4) is 6.07 Å². The van der Waals surface area contributed by atoms with Crippen molar-refractivity contribution < 1.29 is 8.78 Å². The molecule has 1 aromatic heterocycles. The van der Waals surface area contributed by atoms with Gasteiger partial charge in [-0.05, 0) is 24.3 Å². The molecule has 0 atom stereocenters. The Labute approximate surface area is 96.3 Å². The molecule has 1 heterocycles. The van der Waals surface area contributed by atoms with E-state index >= 15 is 0 Å². The van der Waals surface area contributed by atoms with Crippen LogP contribution in [0.2, 0.25) is 0 Å². The topological polar surface area (TPSA) is 48.7 Å². The van der Waals surface area contributed by atoms with Crippen LogP contribution in [0.5, 0.6) is 0 Å². The summed E-state index contributed by atoms with van der Waals surface area (Å²) in [4.78, 5) is 3.82. The summed E-state index contributed by atoms with van der Waals surface area (Å²) >= 11 is 0. The number of nitrogens with zero attached hydrogens (tertiary/aromatic N) is 2. The van der Waals surface area contributed by atoms with Gasteiger partial charge in [0.25, 0.3) is 0 Å². The summed E-state index contributed by atoms with van der Waals surface area (Å²) in [7, 11) is 0. The van der Waals surface area contributed by atoms with Crippen LogP contribution in [0, 0.1) is 23.0 Å². The number of nitriles is 1. The minimum absolute atomic E-state index is 0.0934. The molecule has 5 heteroatoms. The Bertz CT molecular complexity index is 591. The molecule has 0 fully saturated rings. The predicted octanol–water partition coefficient (Wildman–Crippen LogP) is 2.98. The first-order valence-corrected chi connectivity index (χ1v) is 4.78. The average Bonchev–Trinajstić information content (AvgIpc) is 2.33. The number of rotatable bonds is 2. The van der Waals surface area contributed by atoms with E-state index in [2.05, 4.69) is 10.3 Å². The fraction of sp³-hybridized carbons (Fsp3) is 0. The molecule has 0 unspecified atom stereocenters. The van der Waals surface area contributed by atoms with Gasteiger partial charge in [0.05, 0.1) is 11.4 Å². The van der Waals surface area contributed by atoms with Crippen molar-refractivity contribution in [3.63, 3.8) is 0 Å². The Morgan fingerprint density at radius 1 is 1.18 bits per heavy atom. The molecule has 17 heavy (non-hydrogen) atoms. The lowest BCUT2D eigenvalue weighted by Crippen LogP contribution is -1.98. The number of pyridine rings is 1. The van der Waals surface area contributed by atoms with E-state index in [1.54, 1.807) is 12.1 Å². The Morgan fingerprint density at radius 2 is 2.00 bits per heavy atom. The molecule has 0 amide bonds. The van der Waals surface area contributed by atoms with E-state index in [1.165, 1.54) is 12.3 Å². The van der Waals surface area contributed by atoms with Gasteiger partial charge >= 0.3 is 0 Å². The fourth-order valence-corrected chi connectivity index (χ4v) is 1.33. The SMILES string of the molecule is N#Cc1ncccc1Nc1ccc(F)cc1F. The van der Waals surface area contributed by atoms with Gasteiger partial charge in [-0.25, -0.2) is 13.8 Å². The van der Waals surface area contributed by atoms with Crippen LogP contribution in [0.4, 0.5) is 20.2 Å². The third-order valence-electron chi connectivity index (χ3n) is 2.11. The zero-order chi connectivity index (χ0) is 12.3. The van der Waals surface area contributed by atoms with Gasteiger partial charge in [0, 0.05) is 12.3 Å². The molecule has 2 rings (SSSR count). The van der Waals surface area contributed by atoms with Crippen molar-refractivity contribution in [3.05, 3.63) is 53.9 Å². The standard InChI is InChI=1S/C12H7F2N3/c13-8-3-4-10(9(14)6-8)17-11-2-1-5-16-12(11)7-15/h1-6,17H. The van der Waals surface area contributed by atoms with E-state index in [1.807, 2.05) is 6.07 Å². The van der Waals surface area contributed by atoms with E-state index in [9.17, 15) is 8.78 Å². The maximum Gasteiger partial charge on any atom is 0.163 e. The summed E-state index contributed by atoms with van der Waals surface area (Å²) in [6, 6.07) is 8.25. The molecule has 0 saturated carbocycles. The number of aromatic nitrogens is 1. The molecular weight excluding hydrogens is 224 g/mol. The van der Waals surface area contributed by atoms with Crippen molar-refractivity contribution in [1.29, 1.82) is 5.26 Å². The highest BCUT2D eigenvalue weighted by molar-refractivity contribution is 5.64. The predicted molar refractivity (Wildman–Crippen MR) is 58.6 cm³/mol. The molecule has 0 aliphatic carbocycles. The fourth-order valence-electron chi connectivity index (χ4n) is 1.33. The first-order valence-electron chi connectivity index (χ1n) is 4.78. The number of hydrogen-bond donors (Lipinski definition) is 1. The zero-order valence-corrected chi connectivity index (χ0v) is 8.61. The van der Waals surface area contributed by atoms with Crippen molar-refractivity contribution in [2.45, 2.75) is 0 Å². The second-order valence-corrected chi connectivity index (χ2v) is 3.26.